The second kappa shape index (κ2) is 11.6. The van der Waals surface area contributed by atoms with Crippen LogP contribution >= 0.6 is 11.3 Å². The van der Waals surface area contributed by atoms with E-state index < -0.39 is 23.4 Å². The molecule has 13 heteroatoms. The zero-order valence-corrected chi connectivity index (χ0v) is 26.7. The Kier molecular flexibility index (Phi) is 7.58. The van der Waals surface area contributed by atoms with E-state index in [1.54, 1.807) is 35.1 Å². The van der Waals surface area contributed by atoms with Crippen LogP contribution in [0.5, 0.6) is 0 Å². The average Bonchev–Trinajstić information content (AvgIpc) is 3.84. The van der Waals surface area contributed by atoms with E-state index in [-0.39, 0.29) is 34.6 Å². The molecule has 3 aromatic heterocycles. The molecule has 0 saturated carbocycles. The molecule has 0 N–H and O–H groups in total. The summed E-state index contributed by atoms with van der Waals surface area (Å²) >= 11 is 1.21. The topological polar surface area (TPSA) is 114 Å². The van der Waals surface area contributed by atoms with Crippen molar-refractivity contribution in [1.82, 2.24) is 29.3 Å². The SMILES string of the molecule is CC(C)(C)OC(=O)N1CCN(c2ccc(-c3cc(F)c4c(c3)C(=O)N(C(C(=O)c3nccs3)c3ncn5c3CCC5)C4)cn2)CC1. The number of carbonyl (C=O) groups excluding carboxylic acids is 3. The predicted octanol–water partition coefficient (Wildman–Crippen LogP) is 5.12. The van der Waals surface area contributed by atoms with Crippen LogP contribution in [0.1, 0.15) is 70.3 Å². The molecule has 3 aliphatic heterocycles. The number of thiazole rings is 1. The highest BCUT2D eigenvalue weighted by Gasteiger charge is 2.42. The van der Waals surface area contributed by atoms with Crippen LogP contribution in [-0.4, -0.2) is 78.9 Å². The normalized spacial score (nSPS) is 16.9. The molecule has 1 fully saturated rings. The van der Waals surface area contributed by atoms with Crippen molar-refractivity contribution in [2.24, 2.45) is 0 Å². The number of Topliss-reactive ketones (excluding diaryl/α,β-unsaturated/α-hetero) is 1. The van der Waals surface area contributed by atoms with Gasteiger partial charge in [-0.2, -0.15) is 0 Å². The summed E-state index contributed by atoms with van der Waals surface area (Å²) in [6.45, 7) is 8.54. The molecule has 11 nitrogen and oxygen atoms in total. The largest absolute Gasteiger partial charge is 0.444 e. The molecule has 1 saturated heterocycles. The van der Waals surface area contributed by atoms with E-state index in [9.17, 15) is 14.4 Å². The molecule has 0 radical (unpaired) electrons. The van der Waals surface area contributed by atoms with Gasteiger partial charge >= 0.3 is 6.09 Å². The van der Waals surface area contributed by atoms with Gasteiger partial charge in [0.2, 0.25) is 5.78 Å². The Morgan fingerprint density at radius 2 is 1.83 bits per heavy atom. The zero-order valence-electron chi connectivity index (χ0n) is 25.9. The van der Waals surface area contributed by atoms with Crippen molar-refractivity contribution in [1.29, 1.82) is 0 Å². The molecule has 0 spiro atoms. The lowest BCUT2D eigenvalue weighted by Gasteiger charge is -2.36. The van der Waals surface area contributed by atoms with Crippen LogP contribution < -0.4 is 4.90 Å². The molecular weight excluding hydrogens is 609 g/mol. The van der Waals surface area contributed by atoms with Gasteiger partial charge in [-0.15, -0.1) is 11.3 Å². The number of nitrogens with zero attached hydrogens (tertiary/aromatic N) is 7. The second-order valence-corrected chi connectivity index (χ2v) is 13.6. The van der Waals surface area contributed by atoms with Crippen molar-refractivity contribution in [3.05, 3.63) is 81.7 Å². The summed E-state index contributed by atoms with van der Waals surface area (Å²) in [6.07, 6.45) is 6.30. The fraction of sp³-hybridized carbons (Fsp3) is 0.394. The minimum atomic E-state index is -1.00. The Morgan fingerprint density at radius 1 is 1.02 bits per heavy atom. The Labute approximate surface area is 269 Å². The maximum Gasteiger partial charge on any atom is 0.410 e. The molecule has 46 heavy (non-hydrogen) atoms. The van der Waals surface area contributed by atoms with E-state index in [4.69, 9.17) is 4.74 Å². The van der Waals surface area contributed by atoms with Gasteiger partial charge in [-0.3, -0.25) is 9.59 Å². The molecule has 2 amide bonds. The number of aryl methyl sites for hydroxylation is 1. The van der Waals surface area contributed by atoms with Crippen LogP contribution in [0.4, 0.5) is 15.0 Å². The standard InChI is InChI=1S/C33H34FN7O4S/c1-33(2,3)45-32(44)39-12-10-38(11-13-39)26-7-6-20(17-36-26)21-15-22-23(24(34)16-21)18-41(31(22)43)28(29(42)30-35-8-14-46-30)27-25-5-4-9-40(25)19-37-27/h6-8,14-17,19,28H,4-5,9-13,18H2,1-3H3. The molecule has 4 aromatic rings. The van der Waals surface area contributed by atoms with Gasteiger partial charge in [-0.1, -0.05) is 0 Å². The number of pyridine rings is 1. The van der Waals surface area contributed by atoms with Gasteiger partial charge in [0.1, 0.15) is 23.3 Å². The van der Waals surface area contributed by atoms with E-state index in [0.29, 0.717) is 43.0 Å². The van der Waals surface area contributed by atoms with Gasteiger partial charge in [0, 0.05) is 72.9 Å². The van der Waals surface area contributed by atoms with Crippen molar-refractivity contribution < 1.29 is 23.5 Å². The molecular formula is C33H34FN7O4S. The lowest BCUT2D eigenvalue weighted by atomic mass is 10.0. The maximum atomic E-state index is 15.7. The minimum Gasteiger partial charge on any atom is -0.444 e. The summed E-state index contributed by atoms with van der Waals surface area (Å²) in [5, 5.41) is 2.00. The fourth-order valence-electron chi connectivity index (χ4n) is 6.36. The van der Waals surface area contributed by atoms with Crippen LogP contribution in [-0.2, 0) is 24.2 Å². The number of hydrogen-bond acceptors (Lipinski definition) is 9. The minimum absolute atomic E-state index is 0.0409. The summed E-state index contributed by atoms with van der Waals surface area (Å²) in [6, 6.07) is 5.81. The van der Waals surface area contributed by atoms with Crippen LogP contribution in [0, 0.1) is 5.82 Å². The van der Waals surface area contributed by atoms with Gasteiger partial charge in [0.15, 0.2) is 5.01 Å². The van der Waals surface area contributed by atoms with E-state index in [1.165, 1.54) is 22.3 Å². The number of hydrogen-bond donors (Lipinski definition) is 0. The maximum absolute atomic E-state index is 15.7. The van der Waals surface area contributed by atoms with Crippen LogP contribution in [0.2, 0.25) is 0 Å². The molecule has 0 bridgehead atoms. The zero-order chi connectivity index (χ0) is 32.2. The number of rotatable bonds is 6. The van der Waals surface area contributed by atoms with Gasteiger partial charge in [0.25, 0.3) is 5.91 Å². The third kappa shape index (κ3) is 5.52. The van der Waals surface area contributed by atoms with Crippen molar-refractivity contribution in [2.45, 2.75) is 58.3 Å². The van der Waals surface area contributed by atoms with Crippen molar-refractivity contribution in [3.8, 4) is 11.1 Å². The quantitative estimate of drug-likeness (QED) is 0.266. The van der Waals surface area contributed by atoms with Crippen LogP contribution in [0.25, 0.3) is 11.1 Å². The molecule has 238 valence electrons. The molecule has 3 aliphatic rings. The number of imidazole rings is 1. The van der Waals surface area contributed by atoms with Gasteiger partial charge in [0.05, 0.1) is 18.6 Å². The number of aromatic nitrogens is 4. The average molecular weight is 644 g/mol. The number of anilines is 1. The van der Waals surface area contributed by atoms with Crippen molar-refractivity contribution in [3.63, 3.8) is 0 Å². The number of benzene rings is 1. The third-order valence-corrected chi connectivity index (χ3v) is 9.39. The predicted molar refractivity (Wildman–Crippen MR) is 169 cm³/mol. The molecule has 6 heterocycles. The second-order valence-electron chi connectivity index (χ2n) is 12.8. The summed E-state index contributed by atoms with van der Waals surface area (Å²) in [5.74, 6) is -0.511. The first kappa shape index (κ1) is 30.0. The van der Waals surface area contributed by atoms with Gasteiger partial charge in [-0.05, 0) is 63.4 Å². The Hall–Kier alpha value is -4.65. The van der Waals surface area contributed by atoms with Gasteiger partial charge in [-0.25, -0.2) is 24.1 Å². The number of fused-ring (bicyclic) bond motifs is 2. The molecule has 1 atom stereocenters. The number of piperazine rings is 1. The Bertz CT molecular complexity index is 1810. The van der Waals surface area contributed by atoms with Crippen LogP contribution in [0.15, 0.2) is 48.4 Å². The summed E-state index contributed by atoms with van der Waals surface area (Å²) in [7, 11) is 0. The first-order chi connectivity index (χ1) is 22.1. The van der Waals surface area contributed by atoms with E-state index >= 15 is 4.39 Å². The number of ketones is 1. The van der Waals surface area contributed by atoms with Crippen molar-refractivity contribution in [2.75, 3.05) is 31.1 Å². The number of carbonyl (C=O) groups is 3. The highest BCUT2D eigenvalue weighted by molar-refractivity contribution is 7.11. The van der Waals surface area contributed by atoms with Crippen LogP contribution in [0.3, 0.4) is 0 Å². The third-order valence-electron chi connectivity index (χ3n) is 8.61. The molecule has 1 aromatic carbocycles. The van der Waals surface area contributed by atoms with Crippen molar-refractivity contribution >= 4 is 34.9 Å². The number of halogens is 1. The first-order valence-electron chi connectivity index (χ1n) is 15.4. The van der Waals surface area contributed by atoms with E-state index in [2.05, 4.69) is 19.9 Å². The lowest BCUT2D eigenvalue weighted by molar-refractivity contribution is 0.0240. The van der Waals surface area contributed by atoms with E-state index in [0.717, 1.165) is 30.9 Å². The summed E-state index contributed by atoms with van der Waals surface area (Å²) in [5.41, 5.74) is 2.58. The fourth-order valence-corrected chi connectivity index (χ4v) is 6.96. The highest BCUT2D eigenvalue weighted by Crippen LogP contribution is 2.38. The molecule has 7 rings (SSSR count). The van der Waals surface area contributed by atoms with E-state index in [1.807, 2.05) is 37.5 Å². The number of ether oxygens (including phenoxy) is 1. The molecule has 1 unspecified atom stereocenters. The summed E-state index contributed by atoms with van der Waals surface area (Å²) in [4.78, 5) is 58.8. The highest BCUT2D eigenvalue weighted by atomic mass is 32.1. The Balaban J connectivity index is 1.11. The number of amides is 2. The summed E-state index contributed by atoms with van der Waals surface area (Å²) < 4.78 is 23.2. The first-order valence-corrected chi connectivity index (χ1v) is 16.3. The Morgan fingerprint density at radius 3 is 2.52 bits per heavy atom. The van der Waals surface area contributed by atoms with Gasteiger partial charge < -0.3 is 24.0 Å². The smallest absolute Gasteiger partial charge is 0.410 e. The molecule has 0 aliphatic carbocycles. The lowest BCUT2D eigenvalue weighted by Crippen LogP contribution is -2.50. The monoisotopic (exact) mass is 643 g/mol.